The fraction of sp³-hybridized carbons (Fsp3) is 0.222. The smallest absolute Gasteiger partial charge is 0.263 e. The van der Waals surface area contributed by atoms with Crippen LogP contribution in [0.5, 0.6) is 17.2 Å². The molecular weight excluding hydrogens is 336 g/mol. The average Bonchev–Trinajstić information content (AvgIpc) is 2.69. The highest BCUT2D eigenvalue weighted by Gasteiger charge is 2.15. The minimum atomic E-state index is -0.244. The van der Waals surface area contributed by atoms with Crippen molar-refractivity contribution in [1.82, 2.24) is 9.55 Å². The van der Waals surface area contributed by atoms with Gasteiger partial charge in [0.1, 0.15) is 5.75 Å². The number of aromatic nitrogens is 2. The lowest BCUT2D eigenvalue weighted by Gasteiger charge is -2.15. The van der Waals surface area contributed by atoms with Gasteiger partial charge >= 0.3 is 0 Å². The summed E-state index contributed by atoms with van der Waals surface area (Å²) in [5.74, 6) is 7.49. The summed E-state index contributed by atoms with van der Waals surface area (Å²) in [6, 6.07) is 10.7. The number of benzene rings is 2. The summed E-state index contributed by atoms with van der Waals surface area (Å²) in [4.78, 5) is 17.5. The molecule has 8 nitrogen and oxygen atoms in total. The molecule has 26 heavy (non-hydrogen) atoms. The Hall–Kier alpha value is -3.26. The first-order valence-electron chi connectivity index (χ1n) is 7.87. The normalized spacial score (nSPS) is 10.6. The Balaban J connectivity index is 2.17. The molecule has 0 saturated heterocycles. The Kier molecular flexibility index (Phi) is 4.94. The maximum absolute atomic E-state index is 13.0. The van der Waals surface area contributed by atoms with Gasteiger partial charge in [0.2, 0.25) is 5.95 Å². The second-order valence-electron chi connectivity index (χ2n) is 5.55. The van der Waals surface area contributed by atoms with Crippen molar-refractivity contribution >= 4 is 16.9 Å². The molecule has 3 aromatic rings. The van der Waals surface area contributed by atoms with E-state index in [1.807, 2.05) is 24.3 Å². The van der Waals surface area contributed by atoms with Crippen LogP contribution in [0.25, 0.3) is 10.9 Å². The molecule has 3 N–H and O–H groups in total. The van der Waals surface area contributed by atoms with E-state index in [1.165, 1.54) is 18.8 Å². The zero-order valence-electron chi connectivity index (χ0n) is 14.8. The van der Waals surface area contributed by atoms with Crippen molar-refractivity contribution in [3.05, 3.63) is 52.3 Å². The van der Waals surface area contributed by atoms with Crippen molar-refractivity contribution < 1.29 is 14.2 Å². The quantitative estimate of drug-likeness (QED) is 0.513. The summed E-state index contributed by atoms with van der Waals surface area (Å²) in [6.45, 7) is 0.285. The molecule has 0 saturated carbocycles. The van der Waals surface area contributed by atoms with Crippen molar-refractivity contribution in [3.8, 4) is 17.2 Å². The minimum absolute atomic E-state index is 0.244. The summed E-state index contributed by atoms with van der Waals surface area (Å²) in [5, 5.41) is 0.407. The highest BCUT2D eigenvalue weighted by Crippen LogP contribution is 2.30. The van der Waals surface area contributed by atoms with E-state index in [-0.39, 0.29) is 18.1 Å². The van der Waals surface area contributed by atoms with Gasteiger partial charge < -0.3 is 14.2 Å². The molecule has 1 aromatic heterocycles. The minimum Gasteiger partial charge on any atom is -0.497 e. The van der Waals surface area contributed by atoms with Crippen LogP contribution < -0.4 is 31.0 Å². The van der Waals surface area contributed by atoms with E-state index in [1.54, 1.807) is 19.2 Å². The van der Waals surface area contributed by atoms with E-state index in [2.05, 4.69) is 10.4 Å². The molecule has 1 heterocycles. The van der Waals surface area contributed by atoms with E-state index >= 15 is 0 Å². The zero-order chi connectivity index (χ0) is 18.7. The molecular formula is C18H20N4O4. The highest BCUT2D eigenvalue weighted by atomic mass is 16.5. The number of nitrogen functional groups attached to an aromatic ring is 1. The summed E-state index contributed by atoms with van der Waals surface area (Å²) < 4.78 is 17.2. The van der Waals surface area contributed by atoms with Crippen LogP contribution >= 0.6 is 0 Å². The number of nitrogens with one attached hydrogen (secondary N) is 1. The van der Waals surface area contributed by atoms with E-state index < -0.39 is 0 Å². The van der Waals surface area contributed by atoms with E-state index in [9.17, 15) is 4.79 Å². The van der Waals surface area contributed by atoms with Crippen LogP contribution in [0.4, 0.5) is 5.95 Å². The SMILES string of the molecule is COc1cccc(Cn2c(NN)nc3cc(OC)c(OC)cc3c2=O)c1. The molecule has 0 aliphatic rings. The van der Waals surface area contributed by atoms with Gasteiger partial charge in [-0.15, -0.1) is 0 Å². The topological polar surface area (TPSA) is 101 Å². The predicted molar refractivity (Wildman–Crippen MR) is 99.0 cm³/mol. The molecule has 0 bridgehead atoms. The molecule has 0 fully saturated rings. The number of hydrogen-bond acceptors (Lipinski definition) is 7. The van der Waals surface area contributed by atoms with Crippen molar-refractivity contribution in [1.29, 1.82) is 0 Å². The lowest BCUT2D eigenvalue weighted by molar-refractivity contribution is 0.355. The zero-order valence-corrected chi connectivity index (χ0v) is 14.8. The summed E-state index contributed by atoms with van der Waals surface area (Å²) in [6.07, 6.45) is 0. The molecule has 0 aliphatic heterocycles. The van der Waals surface area contributed by atoms with E-state index in [0.29, 0.717) is 28.2 Å². The van der Waals surface area contributed by atoms with Crippen molar-refractivity contribution in [2.24, 2.45) is 5.84 Å². The van der Waals surface area contributed by atoms with E-state index in [4.69, 9.17) is 20.1 Å². The third-order valence-electron chi connectivity index (χ3n) is 4.06. The van der Waals surface area contributed by atoms with Gasteiger partial charge in [-0.2, -0.15) is 0 Å². The number of methoxy groups -OCH3 is 3. The molecule has 0 aliphatic carbocycles. The standard InChI is InChI=1S/C18H20N4O4/c1-24-12-6-4-5-11(7-12)10-22-17(23)13-8-15(25-2)16(26-3)9-14(13)20-18(22)21-19/h4-9H,10,19H2,1-3H3,(H,20,21). The van der Waals surface area contributed by atoms with Crippen LogP contribution in [0.3, 0.4) is 0 Å². The average molecular weight is 356 g/mol. The second-order valence-corrected chi connectivity index (χ2v) is 5.55. The van der Waals surface area contributed by atoms with Crippen LogP contribution in [0.1, 0.15) is 5.56 Å². The van der Waals surface area contributed by atoms with Gasteiger partial charge in [0.25, 0.3) is 5.56 Å². The number of ether oxygens (including phenoxy) is 3. The molecule has 0 radical (unpaired) electrons. The van der Waals surface area contributed by atoms with Crippen LogP contribution in [-0.2, 0) is 6.54 Å². The van der Waals surface area contributed by atoms with Crippen LogP contribution in [0.15, 0.2) is 41.2 Å². The Morgan fingerprint density at radius 3 is 2.46 bits per heavy atom. The molecule has 3 rings (SSSR count). The second kappa shape index (κ2) is 7.32. The predicted octanol–water partition coefficient (Wildman–Crippen LogP) is 1.76. The van der Waals surface area contributed by atoms with Crippen LogP contribution in [-0.4, -0.2) is 30.9 Å². The Bertz CT molecular complexity index is 1000. The first-order chi connectivity index (χ1) is 12.6. The Morgan fingerprint density at radius 2 is 1.81 bits per heavy atom. The highest BCUT2D eigenvalue weighted by molar-refractivity contribution is 5.83. The largest absolute Gasteiger partial charge is 0.497 e. The summed E-state index contributed by atoms with van der Waals surface area (Å²) >= 11 is 0. The third kappa shape index (κ3) is 3.14. The Labute approximate surface area is 150 Å². The summed E-state index contributed by atoms with van der Waals surface area (Å²) in [5.41, 5.74) is 3.59. The van der Waals surface area contributed by atoms with Gasteiger partial charge in [-0.25, -0.2) is 10.8 Å². The molecule has 2 aromatic carbocycles. The van der Waals surface area contributed by atoms with Crippen LogP contribution in [0, 0.1) is 0 Å². The van der Waals surface area contributed by atoms with Gasteiger partial charge in [0.05, 0.1) is 38.8 Å². The number of anilines is 1. The molecule has 136 valence electrons. The number of fused-ring (bicyclic) bond motifs is 1. The van der Waals surface area contributed by atoms with Gasteiger partial charge in [-0.05, 0) is 23.8 Å². The molecule has 0 spiro atoms. The molecule has 0 atom stereocenters. The molecule has 8 heteroatoms. The van der Waals surface area contributed by atoms with Crippen molar-refractivity contribution in [3.63, 3.8) is 0 Å². The lowest BCUT2D eigenvalue weighted by Crippen LogP contribution is -2.27. The van der Waals surface area contributed by atoms with Gasteiger partial charge in [-0.3, -0.25) is 14.8 Å². The number of nitrogens with two attached hydrogens (primary N) is 1. The van der Waals surface area contributed by atoms with Gasteiger partial charge in [-0.1, -0.05) is 12.1 Å². The first kappa shape index (κ1) is 17.6. The maximum Gasteiger partial charge on any atom is 0.263 e. The van der Waals surface area contributed by atoms with Gasteiger partial charge in [0.15, 0.2) is 11.5 Å². The third-order valence-corrected chi connectivity index (χ3v) is 4.06. The van der Waals surface area contributed by atoms with Crippen molar-refractivity contribution in [2.75, 3.05) is 26.8 Å². The fourth-order valence-electron chi connectivity index (χ4n) is 2.76. The monoisotopic (exact) mass is 356 g/mol. The Morgan fingerprint density at radius 1 is 1.08 bits per heavy atom. The number of hydrazine groups is 1. The molecule has 0 amide bonds. The number of nitrogens with zero attached hydrogens (tertiary/aromatic N) is 2. The summed E-state index contributed by atoms with van der Waals surface area (Å²) in [7, 11) is 4.63. The number of hydrogen-bond donors (Lipinski definition) is 2. The lowest BCUT2D eigenvalue weighted by atomic mass is 10.2. The first-order valence-corrected chi connectivity index (χ1v) is 7.87. The molecule has 0 unspecified atom stereocenters. The van der Waals surface area contributed by atoms with Crippen molar-refractivity contribution in [2.45, 2.75) is 6.54 Å². The van der Waals surface area contributed by atoms with Gasteiger partial charge in [0, 0.05) is 6.07 Å². The van der Waals surface area contributed by atoms with Crippen LogP contribution in [0.2, 0.25) is 0 Å². The maximum atomic E-state index is 13.0. The number of rotatable bonds is 6. The van der Waals surface area contributed by atoms with E-state index in [0.717, 1.165) is 5.56 Å². The fourth-order valence-corrected chi connectivity index (χ4v) is 2.76.